The zero-order valence-electron chi connectivity index (χ0n) is 11.9. The van der Waals surface area contributed by atoms with Crippen molar-refractivity contribution < 1.29 is 8.42 Å². The van der Waals surface area contributed by atoms with Crippen molar-refractivity contribution in [2.24, 2.45) is 5.73 Å². The zero-order valence-corrected chi connectivity index (χ0v) is 12.7. The summed E-state index contributed by atoms with van der Waals surface area (Å²) in [4.78, 5) is 6.89. The molecule has 1 aliphatic heterocycles. The van der Waals surface area contributed by atoms with Gasteiger partial charge in [-0.15, -0.1) is 4.83 Å². The summed E-state index contributed by atoms with van der Waals surface area (Å²) in [6, 6.07) is 3.52. The lowest BCUT2D eigenvalue weighted by molar-refractivity contribution is 0.0790. The maximum atomic E-state index is 12.5. The lowest BCUT2D eigenvalue weighted by atomic mass is 10.0. The molecule has 3 N–H and O–H groups in total. The Hall–Kier alpha value is -1.02. The molecule has 0 spiro atoms. The highest BCUT2D eigenvalue weighted by Gasteiger charge is 2.30. The van der Waals surface area contributed by atoms with Gasteiger partial charge in [0.15, 0.2) is 0 Å². The molecule has 0 saturated carbocycles. The zero-order chi connectivity index (χ0) is 14.8. The van der Waals surface area contributed by atoms with E-state index in [1.165, 1.54) is 6.07 Å². The van der Waals surface area contributed by atoms with Crippen molar-refractivity contribution in [2.45, 2.75) is 56.6 Å². The normalized spacial score (nSPS) is 24.8. The fraction of sp³-hybridized carbons (Fsp3) is 0.615. The Morgan fingerprint density at radius 1 is 1.40 bits per heavy atom. The second kappa shape index (κ2) is 6.17. The molecule has 1 aliphatic rings. The first kappa shape index (κ1) is 15.4. The highest BCUT2D eigenvalue weighted by atomic mass is 32.2. The van der Waals surface area contributed by atoms with Crippen LogP contribution in [0.25, 0.3) is 0 Å². The maximum absolute atomic E-state index is 12.5. The summed E-state index contributed by atoms with van der Waals surface area (Å²) >= 11 is 0. The van der Waals surface area contributed by atoms with E-state index in [-0.39, 0.29) is 23.5 Å². The summed E-state index contributed by atoms with van der Waals surface area (Å²) in [7, 11) is -3.64. The highest BCUT2D eigenvalue weighted by molar-refractivity contribution is 7.89. The SMILES string of the molecule is CC1CCCC(C)N1NS(=O)(=O)c1cccnc1CN. The average molecular weight is 298 g/mol. The summed E-state index contributed by atoms with van der Waals surface area (Å²) < 4.78 is 25.0. The van der Waals surface area contributed by atoms with Crippen molar-refractivity contribution in [3.8, 4) is 0 Å². The minimum Gasteiger partial charge on any atom is -0.325 e. The second-order valence-electron chi connectivity index (χ2n) is 5.28. The predicted octanol–water partition coefficient (Wildman–Crippen LogP) is 0.996. The number of hydrogen-bond donors (Lipinski definition) is 2. The van der Waals surface area contributed by atoms with Crippen LogP contribution in [0.4, 0.5) is 0 Å². The third-order valence-corrected chi connectivity index (χ3v) is 5.15. The minimum atomic E-state index is -3.64. The van der Waals surface area contributed by atoms with Gasteiger partial charge in [-0.05, 0) is 38.8 Å². The van der Waals surface area contributed by atoms with E-state index in [0.29, 0.717) is 5.69 Å². The number of hydrogen-bond acceptors (Lipinski definition) is 5. The third-order valence-electron chi connectivity index (χ3n) is 3.75. The van der Waals surface area contributed by atoms with Crippen LogP contribution in [0.5, 0.6) is 0 Å². The molecule has 0 bridgehead atoms. The van der Waals surface area contributed by atoms with E-state index < -0.39 is 10.0 Å². The number of sulfonamides is 1. The van der Waals surface area contributed by atoms with Crippen molar-refractivity contribution in [1.29, 1.82) is 0 Å². The third kappa shape index (κ3) is 3.17. The van der Waals surface area contributed by atoms with Gasteiger partial charge >= 0.3 is 0 Å². The van der Waals surface area contributed by atoms with Gasteiger partial charge < -0.3 is 5.73 Å². The Balaban J connectivity index is 2.26. The summed E-state index contributed by atoms with van der Waals surface area (Å²) in [6.45, 7) is 4.17. The van der Waals surface area contributed by atoms with Gasteiger partial charge in [-0.25, -0.2) is 13.4 Å². The maximum Gasteiger partial charge on any atom is 0.255 e. The molecule has 2 rings (SSSR count). The molecule has 1 aromatic rings. The number of nitrogens with one attached hydrogen (secondary N) is 1. The van der Waals surface area contributed by atoms with Gasteiger partial charge in [0.2, 0.25) is 0 Å². The molecule has 7 heteroatoms. The summed E-state index contributed by atoms with van der Waals surface area (Å²) in [5, 5.41) is 1.83. The van der Waals surface area contributed by atoms with Gasteiger partial charge in [0.1, 0.15) is 4.90 Å². The van der Waals surface area contributed by atoms with E-state index >= 15 is 0 Å². The Labute approximate surface area is 120 Å². The van der Waals surface area contributed by atoms with Crippen LogP contribution in [0.1, 0.15) is 38.8 Å². The molecular weight excluding hydrogens is 276 g/mol. The summed E-state index contributed by atoms with van der Waals surface area (Å²) in [6.07, 6.45) is 4.65. The van der Waals surface area contributed by atoms with E-state index in [9.17, 15) is 8.42 Å². The van der Waals surface area contributed by atoms with Gasteiger partial charge in [0, 0.05) is 24.8 Å². The van der Waals surface area contributed by atoms with E-state index in [1.54, 1.807) is 12.3 Å². The highest BCUT2D eigenvalue weighted by Crippen LogP contribution is 2.22. The molecular formula is C13H22N4O2S. The summed E-state index contributed by atoms with van der Waals surface area (Å²) in [5.74, 6) is 0. The number of nitrogens with zero attached hydrogens (tertiary/aromatic N) is 2. The molecule has 6 nitrogen and oxygen atoms in total. The largest absolute Gasteiger partial charge is 0.325 e. The molecule has 0 amide bonds. The van der Waals surface area contributed by atoms with E-state index in [4.69, 9.17) is 5.73 Å². The molecule has 2 heterocycles. The smallest absolute Gasteiger partial charge is 0.255 e. The van der Waals surface area contributed by atoms with E-state index in [2.05, 4.69) is 9.82 Å². The standard InChI is InChI=1S/C13H22N4O2S/c1-10-5-3-6-11(2)17(10)16-20(18,19)13-7-4-8-15-12(13)9-14/h4,7-8,10-11,16H,3,5-6,9,14H2,1-2H3. The van der Waals surface area contributed by atoms with E-state index in [0.717, 1.165) is 19.3 Å². The van der Waals surface area contributed by atoms with Crippen molar-refractivity contribution in [3.63, 3.8) is 0 Å². The van der Waals surface area contributed by atoms with Crippen LogP contribution < -0.4 is 10.6 Å². The molecule has 0 radical (unpaired) electrons. The van der Waals surface area contributed by atoms with Crippen LogP contribution in [0.3, 0.4) is 0 Å². The molecule has 0 aromatic carbocycles. The number of piperidine rings is 1. The van der Waals surface area contributed by atoms with Gasteiger partial charge in [-0.2, -0.15) is 0 Å². The number of rotatable bonds is 4. The van der Waals surface area contributed by atoms with Crippen molar-refractivity contribution in [1.82, 2.24) is 14.8 Å². The number of hydrazine groups is 1. The average Bonchev–Trinajstić information content (AvgIpc) is 2.43. The lowest BCUT2D eigenvalue weighted by Crippen LogP contribution is -2.54. The Bertz CT molecular complexity index is 551. The predicted molar refractivity (Wildman–Crippen MR) is 77.1 cm³/mol. The summed E-state index contributed by atoms with van der Waals surface area (Å²) in [5.41, 5.74) is 5.95. The first-order valence-corrected chi connectivity index (χ1v) is 8.38. The fourth-order valence-corrected chi connectivity index (χ4v) is 4.05. The number of pyridine rings is 1. The Kier molecular flexibility index (Phi) is 4.74. The monoisotopic (exact) mass is 298 g/mol. The molecule has 2 unspecified atom stereocenters. The van der Waals surface area contributed by atoms with E-state index in [1.807, 2.05) is 18.9 Å². The van der Waals surface area contributed by atoms with Crippen LogP contribution in [0, 0.1) is 0 Å². The van der Waals surface area contributed by atoms with Crippen LogP contribution in [-0.4, -0.2) is 30.5 Å². The molecule has 2 atom stereocenters. The quantitative estimate of drug-likeness (QED) is 0.865. The molecule has 1 aromatic heterocycles. The van der Waals surface area contributed by atoms with Gasteiger partial charge in [-0.1, -0.05) is 6.42 Å². The van der Waals surface area contributed by atoms with Crippen LogP contribution >= 0.6 is 0 Å². The topological polar surface area (TPSA) is 88.3 Å². The van der Waals surface area contributed by atoms with Crippen LogP contribution in [0.2, 0.25) is 0 Å². The number of nitrogens with two attached hydrogens (primary N) is 1. The van der Waals surface area contributed by atoms with Crippen molar-refractivity contribution in [3.05, 3.63) is 24.0 Å². The minimum absolute atomic E-state index is 0.0994. The molecule has 0 aliphatic carbocycles. The Morgan fingerprint density at radius 2 is 2.05 bits per heavy atom. The lowest BCUT2D eigenvalue weighted by Gasteiger charge is -2.38. The van der Waals surface area contributed by atoms with Crippen LogP contribution in [-0.2, 0) is 16.6 Å². The molecule has 1 fully saturated rings. The van der Waals surface area contributed by atoms with Gasteiger partial charge in [-0.3, -0.25) is 4.98 Å². The van der Waals surface area contributed by atoms with Gasteiger partial charge in [0.25, 0.3) is 10.0 Å². The first-order valence-electron chi connectivity index (χ1n) is 6.90. The number of aromatic nitrogens is 1. The van der Waals surface area contributed by atoms with Gasteiger partial charge in [0.05, 0.1) is 5.69 Å². The Morgan fingerprint density at radius 3 is 2.65 bits per heavy atom. The molecule has 112 valence electrons. The van der Waals surface area contributed by atoms with Crippen LogP contribution in [0.15, 0.2) is 23.2 Å². The molecule has 1 saturated heterocycles. The second-order valence-corrected chi connectivity index (χ2v) is 6.91. The fourth-order valence-electron chi connectivity index (χ4n) is 2.61. The first-order chi connectivity index (χ1) is 9.45. The van der Waals surface area contributed by atoms with Crippen molar-refractivity contribution >= 4 is 10.0 Å². The van der Waals surface area contributed by atoms with Crippen molar-refractivity contribution in [2.75, 3.05) is 0 Å². The molecule has 20 heavy (non-hydrogen) atoms.